The van der Waals surface area contributed by atoms with Crippen LogP contribution >= 0.6 is 0 Å². The number of benzene rings is 1. The topological polar surface area (TPSA) is 58.6 Å². The van der Waals surface area contributed by atoms with E-state index in [-0.39, 0.29) is 0 Å². The lowest BCUT2D eigenvalue weighted by atomic mass is 10.2. The quantitative estimate of drug-likeness (QED) is 0.848. The lowest BCUT2D eigenvalue weighted by Crippen LogP contribution is -2.41. The highest BCUT2D eigenvalue weighted by atomic mass is 32.2. The fraction of sp³-hybridized carbons (Fsp3) is 0.429. The first-order chi connectivity index (χ1) is 9.66. The van der Waals surface area contributed by atoms with E-state index >= 15 is 0 Å². The molecule has 0 atom stereocenters. The van der Waals surface area contributed by atoms with Crippen molar-refractivity contribution in [1.29, 1.82) is 0 Å². The number of nitrogens with zero attached hydrogens (tertiary/aromatic N) is 1. The summed E-state index contributed by atoms with van der Waals surface area (Å²) in [6.07, 6.45) is 1.59. The monoisotopic (exact) mass is 296 g/mol. The highest BCUT2D eigenvalue weighted by Gasteiger charge is 2.11. The summed E-state index contributed by atoms with van der Waals surface area (Å²) >= 11 is 0. The van der Waals surface area contributed by atoms with E-state index in [9.17, 15) is 8.42 Å². The van der Waals surface area contributed by atoms with Gasteiger partial charge in [0.25, 0.3) is 0 Å². The molecule has 0 unspecified atom stereocenters. The summed E-state index contributed by atoms with van der Waals surface area (Å²) in [4.78, 5) is 2.19. The molecule has 1 heterocycles. The van der Waals surface area contributed by atoms with Gasteiger partial charge in [0.1, 0.15) is 0 Å². The zero-order chi connectivity index (χ0) is 14.3. The molecule has 0 saturated carbocycles. The Balaban J connectivity index is 1.77. The van der Waals surface area contributed by atoms with Crippen molar-refractivity contribution in [2.24, 2.45) is 0 Å². The lowest BCUT2D eigenvalue weighted by molar-refractivity contribution is 0.0390. The van der Waals surface area contributed by atoms with Gasteiger partial charge in [0.2, 0.25) is 10.0 Å². The number of sulfonamides is 1. The molecule has 0 radical (unpaired) electrons. The molecular formula is C14H20N2O3S. The third kappa shape index (κ3) is 5.42. The van der Waals surface area contributed by atoms with Gasteiger partial charge < -0.3 is 4.74 Å². The van der Waals surface area contributed by atoms with Crippen LogP contribution in [0.2, 0.25) is 0 Å². The summed E-state index contributed by atoms with van der Waals surface area (Å²) in [5.41, 5.74) is 0.867. The van der Waals surface area contributed by atoms with Crippen LogP contribution in [-0.2, 0) is 14.8 Å². The Morgan fingerprint density at radius 2 is 1.90 bits per heavy atom. The number of ether oxygens (including phenoxy) is 1. The molecule has 1 aliphatic heterocycles. The van der Waals surface area contributed by atoms with E-state index in [1.165, 1.54) is 5.41 Å². The highest BCUT2D eigenvalue weighted by Crippen LogP contribution is 2.02. The summed E-state index contributed by atoms with van der Waals surface area (Å²) in [7, 11) is -3.37. The number of rotatable bonds is 6. The number of hydrogen-bond donors (Lipinski definition) is 1. The first-order valence-corrected chi connectivity index (χ1v) is 8.23. The molecule has 1 fully saturated rings. The maximum Gasteiger partial charge on any atom is 0.233 e. The minimum atomic E-state index is -3.37. The molecule has 5 nitrogen and oxygen atoms in total. The normalized spacial score (nSPS) is 17.6. The molecule has 0 amide bonds. The SMILES string of the molecule is O=S(=O)(/C=C/c1ccccc1)NCCN1CCOCC1. The van der Waals surface area contributed by atoms with Crippen molar-refractivity contribution in [2.45, 2.75) is 0 Å². The van der Waals surface area contributed by atoms with E-state index in [0.717, 1.165) is 31.9 Å². The molecule has 1 saturated heterocycles. The van der Waals surface area contributed by atoms with Crippen molar-refractivity contribution in [2.75, 3.05) is 39.4 Å². The van der Waals surface area contributed by atoms with Gasteiger partial charge in [-0.2, -0.15) is 0 Å². The summed E-state index contributed by atoms with van der Waals surface area (Å²) < 4.78 is 31.4. The third-order valence-electron chi connectivity index (χ3n) is 3.07. The molecule has 1 N–H and O–H groups in total. The molecule has 6 heteroatoms. The van der Waals surface area contributed by atoms with E-state index in [0.29, 0.717) is 13.1 Å². The second-order valence-electron chi connectivity index (χ2n) is 4.61. The van der Waals surface area contributed by atoms with Gasteiger partial charge in [0, 0.05) is 31.6 Å². The molecule has 0 aromatic heterocycles. The van der Waals surface area contributed by atoms with E-state index < -0.39 is 10.0 Å². The molecule has 0 aliphatic carbocycles. The summed E-state index contributed by atoms with van der Waals surface area (Å²) in [6, 6.07) is 9.36. The van der Waals surface area contributed by atoms with Crippen LogP contribution in [0.5, 0.6) is 0 Å². The molecule has 1 aromatic rings. The van der Waals surface area contributed by atoms with Crippen LogP contribution in [0, 0.1) is 0 Å². The Bertz CT molecular complexity index is 523. The Morgan fingerprint density at radius 1 is 1.20 bits per heavy atom. The first-order valence-electron chi connectivity index (χ1n) is 6.69. The molecule has 2 rings (SSSR count). The molecule has 0 bridgehead atoms. The number of nitrogens with one attached hydrogen (secondary N) is 1. The van der Waals surface area contributed by atoms with Crippen LogP contribution in [0.1, 0.15) is 5.56 Å². The molecule has 1 aromatic carbocycles. The fourth-order valence-electron chi connectivity index (χ4n) is 1.95. The van der Waals surface area contributed by atoms with Crippen LogP contribution in [-0.4, -0.2) is 52.7 Å². The molecule has 0 spiro atoms. The summed E-state index contributed by atoms with van der Waals surface area (Å²) in [6.45, 7) is 4.30. The van der Waals surface area contributed by atoms with E-state index in [4.69, 9.17) is 4.74 Å². The van der Waals surface area contributed by atoms with E-state index in [2.05, 4.69) is 9.62 Å². The van der Waals surface area contributed by atoms with Gasteiger partial charge in [-0.1, -0.05) is 30.3 Å². The van der Waals surface area contributed by atoms with Gasteiger partial charge >= 0.3 is 0 Å². The second-order valence-corrected chi connectivity index (χ2v) is 6.26. The second kappa shape index (κ2) is 7.54. The molecule has 20 heavy (non-hydrogen) atoms. The molecule has 110 valence electrons. The minimum absolute atomic E-state index is 0.418. The van der Waals surface area contributed by atoms with E-state index in [1.54, 1.807) is 6.08 Å². The average molecular weight is 296 g/mol. The van der Waals surface area contributed by atoms with Gasteiger partial charge in [-0.15, -0.1) is 0 Å². The Labute approximate surface area is 120 Å². The zero-order valence-electron chi connectivity index (χ0n) is 11.4. The molecule has 1 aliphatic rings. The lowest BCUT2D eigenvalue weighted by Gasteiger charge is -2.26. The third-order valence-corrected chi connectivity index (χ3v) is 4.18. The summed E-state index contributed by atoms with van der Waals surface area (Å²) in [5, 5.41) is 1.21. The Morgan fingerprint density at radius 3 is 2.60 bits per heavy atom. The number of morpholine rings is 1. The number of hydrogen-bond acceptors (Lipinski definition) is 4. The van der Waals surface area contributed by atoms with Crippen molar-refractivity contribution < 1.29 is 13.2 Å². The largest absolute Gasteiger partial charge is 0.379 e. The smallest absolute Gasteiger partial charge is 0.233 e. The maximum absolute atomic E-state index is 11.8. The predicted molar refractivity (Wildman–Crippen MR) is 79.7 cm³/mol. The van der Waals surface area contributed by atoms with Crippen molar-refractivity contribution in [3.8, 4) is 0 Å². The van der Waals surface area contributed by atoms with Gasteiger partial charge in [-0.25, -0.2) is 13.1 Å². The van der Waals surface area contributed by atoms with Crippen molar-refractivity contribution in [3.63, 3.8) is 0 Å². The minimum Gasteiger partial charge on any atom is -0.379 e. The Kier molecular flexibility index (Phi) is 5.72. The standard InChI is InChI=1S/C14H20N2O3S/c17-20(18,13-6-14-4-2-1-3-5-14)15-7-8-16-9-11-19-12-10-16/h1-6,13,15H,7-12H2/b13-6+. The van der Waals surface area contributed by atoms with Crippen LogP contribution < -0.4 is 4.72 Å². The van der Waals surface area contributed by atoms with Crippen LogP contribution in [0.3, 0.4) is 0 Å². The summed E-state index contributed by atoms with van der Waals surface area (Å²) in [5.74, 6) is 0. The van der Waals surface area contributed by atoms with Crippen LogP contribution in [0.15, 0.2) is 35.7 Å². The van der Waals surface area contributed by atoms with Crippen molar-refractivity contribution >= 4 is 16.1 Å². The highest BCUT2D eigenvalue weighted by molar-refractivity contribution is 7.92. The van der Waals surface area contributed by atoms with Gasteiger partial charge in [-0.3, -0.25) is 4.90 Å². The van der Waals surface area contributed by atoms with Crippen LogP contribution in [0.25, 0.3) is 6.08 Å². The zero-order valence-corrected chi connectivity index (χ0v) is 12.2. The Hall–Kier alpha value is -1.21. The van der Waals surface area contributed by atoms with Crippen molar-refractivity contribution in [3.05, 3.63) is 41.3 Å². The predicted octanol–water partition coefficient (Wildman–Crippen LogP) is 0.909. The van der Waals surface area contributed by atoms with Crippen molar-refractivity contribution in [1.82, 2.24) is 9.62 Å². The average Bonchev–Trinajstić information content (AvgIpc) is 2.47. The first kappa shape index (κ1) is 15.2. The van der Waals surface area contributed by atoms with Gasteiger partial charge in [0.15, 0.2) is 0 Å². The molecular weight excluding hydrogens is 276 g/mol. The van der Waals surface area contributed by atoms with Gasteiger partial charge in [0.05, 0.1) is 13.2 Å². The fourth-order valence-corrected chi connectivity index (χ4v) is 2.76. The van der Waals surface area contributed by atoms with Gasteiger partial charge in [-0.05, 0) is 11.6 Å². The van der Waals surface area contributed by atoms with E-state index in [1.807, 2.05) is 30.3 Å². The van der Waals surface area contributed by atoms with Crippen LogP contribution in [0.4, 0.5) is 0 Å². The maximum atomic E-state index is 11.8.